The number of aliphatic imine (C=N–C) groups is 1. The van der Waals surface area contributed by atoms with Crippen molar-refractivity contribution in [3.05, 3.63) is 65.2 Å². The van der Waals surface area contributed by atoms with E-state index in [1.165, 1.54) is 0 Å². The van der Waals surface area contributed by atoms with Crippen LogP contribution in [-0.4, -0.2) is 32.1 Å². The van der Waals surface area contributed by atoms with Crippen molar-refractivity contribution < 1.29 is 9.53 Å². The van der Waals surface area contributed by atoms with E-state index in [9.17, 15) is 4.79 Å². The summed E-state index contributed by atoms with van der Waals surface area (Å²) >= 11 is 0. The Morgan fingerprint density at radius 3 is 2.50 bits per heavy atom. The fourth-order valence-electron chi connectivity index (χ4n) is 2.51. The number of amides is 1. The van der Waals surface area contributed by atoms with Gasteiger partial charge in [0.05, 0.1) is 13.7 Å². The lowest BCUT2D eigenvalue weighted by molar-refractivity contribution is 0.100. The SMILES string of the molecule is CCNC(=NCc1ccc(C(N)=O)cc1)NCCc1ccccc1OC. The van der Waals surface area contributed by atoms with Gasteiger partial charge in [-0.15, -0.1) is 0 Å². The Morgan fingerprint density at radius 2 is 1.85 bits per heavy atom. The van der Waals surface area contributed by atoms with E-state index in [1.54, 1.807) is 19.2 Å². The van der Waals surface area contributed by atoms with Gasteiger partial charge in [0, 0.05) is 18.7 Å². The topological polar surface area (TPSA) is 88.7 Å². The van der Waals surface area contributed by atoms with Gasteiger partial charge < -0.3 is 21.1 Å². The number of carbonyl (C=O) groups excluding carboxylic acids is 1. The summed E-state index contributed by atoms with van der Waals surface area (Å²) in [5.41, 5.74) is 7.92. The molecule has 0 radical (unpaired) electrons. The van der Waals surface area contributed by atoms with Gasteiger partial charge in [0.2, 0.25) is 5.91 Å². The van der Waals surface area contributed by atoms with E-state index < -0.39 is 5.91 Å². The number of nitrogens with one attached hydrogen (secondary N) is 2. The minimum atomic E-state index is -0.425. The van der Waals surface area contributed by atoms with E-state index in [1.807, 2.05) is 37.3 Å². The van der Waals surface area contributed by atoms with Crippen molar-refractivity contribution in [2.24, 2.45) is 10.7 Å². The van der Waals surface area contributed by atoms with Crippen LogP contribution in [0.2, 0.25) is 0 Å². The molecule has 0 aliphatic heterocycles. The molecule has 0 fully saturated rings. The van der Waals surface area contributed by atoms with E-state index in [0.29, 0.717) is 12.1 Å². The number of methoxy groups -OCH3 is 1. The van der Waals surface area contributed by atoms with Crippen molar-refractivity contribution in [1.29, 1.82) is 0 Å². The van der Waals surface area contributed by atoms with Gasteiger partial charge in [-0.25, -0.2) is 4.99 Å². The summed E-state index contributed by atoms with van der Waals surface area (Å²) in [6.07, 6.45) is 0.835. The molecule has 0 aliphatic rings. The van der Waals surface area contributed by atoms with Gasteiger partial charge in [-0.2, -0.15) is 0 Å². The molecule has 4 N–H and O–H groups in total. The second-order valence-electron chi connectivity index (χ2n) is 5.74. The van der Waals surface area contributed by atoms with Crippen LogP contribution in [0.25, 0.3) is 0 Å². The van der Waals surface area contributed by atoms with Crippen LogP contribution in [0, 0.1) is 0 Å². The Bertz CT molecular complexity index is 742. The average Bonchev–Trinajstić information content (AvgIpc) is 2.66. The maximum atomic E-state index is 11.1. The molecule has 0 heterocycles. The van der Waals surface area contributed by atoms with Crippen LogP contribution in [0.5, 0.6) is 5.75 Å². The number of hydrogen-bond acceptors (Lipinski definition) is 3. The van der Waals surface area contributed by atoms with E-state index in [2.05, 4.69) is 21.7 Å². The molecule has 0 atom stereocenters. The first-order valence-corrected chi connectivity index (χ1v) is 8.67. The number of hydrogen-bond donors (Lipinski definition) is 3. The molecular formula is C20H26N4O2. The zero-order valence-corrected chi connectivity index (χ0v) is 15.3. The zero-order valence-electron chi connectivity index (χ0n) is 15.3. The highest BCUT2D eigenvalue weighted by atomic mass is 16.5. The first kappa shape index (κ1) is 19.3. The summed E-state index contributed by atoms with van der Waals surface area (Å²) in [4.78, 5) is 15.7. The maximum absolute atomic E-state index is 11.1. The molecule has 0 bridgehead atoms. The van der Waals surface area contributed by atoms with Crippen LogP contribution in [0.4, 0.5) is 0 Å². The molecule has 2 rings (SSSR count). The fraction of sp³-hybridized carbons (Fsp3) is 0.300. The van der Waals surface area contributed by atoms with Gasteiger partial charge in [0.1, 0.15) is 5.75 Å². The third-order valence-electron chi connectivity index (χ3n) is 3.88. The number of rotatable bonds is 8. The fourth-order valence-corrected chi connectivity index (χ4v) is 2.51. The smallest absolute Gasteiger partial charge is 0.248 e. The molecule has 6 nitrogen and oxygen atoms in total. The molecule has 138 valence electrons. The minimum absolute atomic E-state index is 0.425. The average molecular weight is 354 g/mol. The van der Waals surface area contributed by atoms with E-state index >= 15 is 0 Å². The second-order valence-corrected chi connectivity index (χ2v) is 5.74. The van der Waals surface area contributed by atoms with Crippen LogP contribution < -0.4 is 21.1 Å². The summed E-state index contributed by atoms with van der Waals surface area (Å²) in [7, 11) is 1.68. The van der Waals surface area contributed by atoms with Gasteiger partial charge in [-0.3, -0.25) is 4.79 Å². The minimum Gasteiger partial charge on any atom is -0.496 e. The molecule has 6 heteroatoms. The third kappa shape index (κ3) is 5.81. The standard InChI is InChI=1S/C20H26N4O2/c1-3-22-20(23-13-12-16-6-4-5-7-18(16)26-2)24-14-15-8-10-17(11-9-15)19(21)25/h4-11H,3,12-14H2,1-2H3,(H2,21,25)(H2,22,23,24). The number of nitrogens with zero attached hydrogens (tertiary/aromatic N) is 1. The quantitative estimate of drug-likeness (QED) is 0.500. The monoisotopic (exact) mass is 354 g/mol. The molecule has 0 spiro atoms. The molecule has 0 saturated carbocycles. The second kappa shape index (κ2) is 10.1. The Hall–Kier alpha value is -3.02. The lowest BCUT2D eigenvalue weighted by Crippen LogP contribution is -2.38. The molecule has 26 heavy (non-hydrogen) atoms. The number of benzene rings is 2. The lowest BCUT2D eigenvalue weighted by atomic mass is 10.1. The molecule has 2 aromatic rings. The Kier molecular flexibility index (Phi) is 7.49. The highest BCUT2D eigenvalue weighted by molar-refractivity contribution is 5.92. The predicted octanol–water partition coefficient (Wildman–Crippen LogP) is 2.09. The lowest BCUT2D eigenvalue weighted by Gasteiger charge is -2.12. The maximum Gasteiger partial charge on any atom is 0.248 e. The predicted molar refractivity (Wildman–Crippen MR) is 104 cm³/mol. The molecule has 0 aromatic heterocycles. The van der Waals surface area contributed by atoms with Gasteiger partial charge in [-0.1, -0.05) is 30.3 Å². The van der Waals surface area contributed by atoms with Gasteiger partial charge in [0.25, 0.3) is 0 Å². The highest BCUT2D eigenvalue weighted by Gasteiger charge is 2.03. The van der Waals surface area contributed by atoms with Gasteiger partial charge in [0.15, 0.2) is 5.96 Å². The number of primary amides is 1. The number of carbonyl (C=O) groups is 1. The third-order valence-corrected chi connectivity index (χ3v) is 3.88. The number of guanidine groups is 1. The van der Waals surface area contributed by atoms with Crippen molar-refractivity contribution in [1.82, 2.24) is 10.6 Å². The van der Waals surface area contributed by atoms with Crippen LogP contribution >= 0.6 is 0 Å². The Labute approximate surface area is 154 Å². The van der Waals surface area contributed by atoms with E-state index in [-0.39, 0.29) is 0 Å². The molecule has 0 unspecified atom stereocenters. The van der Waals surface area contributed by atoms with Crippen molar-refractivity contribution in [2.45, 2.75) is 19.9 Å². The number of ether oxygens (including phenoxy) is 1. The van der Waals surface area contributed by atoms with Crippen LogP contribution in [0.15, 0.2) is 53.5 Å². The summed E-state index contributed by atoms with van der Waals surface area (Å²) in [6, 6.07) is 15.2. The molecule has 2 aromatic carbocycles. The summed E-state index contributed by atoms with van der Waals surface area (Å²) in [5, 5.41) is 6.56. The van der Waals surface area contributed by atoms with Crippen LogP contribution in [-0.2, 0) is 13.0 Å². The van der Waals surface area contributed by atoms with Gasteiger partial charge in [-0.05, 0) is 42.7 Å². The van der Waals surface area contributed by atoms with E-state index in [4.69, 9.17) is 10.5 Å². The summed E-state index contributed by atoms with van der Waals surface area (Å²) < 4.78 is 5.38. The van der Waals surface area contributed by atoms with Crippen LogP contribution in [0.1, 0.15) is 28.4 Å². The van der Waals surface area contributed by atoms with Crippen molar-refractivity contribution in [2.75, 3.05) is 20.2 Å². The highest BCUT2D eigenvalue weighted by Crippen LogP contribution is 2.17. The largest absolute Gasteiger partial charge is 0.496 e. The van der Waals surface area contributed by atoms with Gasteiger partial charge >= 0.3 is 0 Å². The van der Waals surface area contributed by atoms with Crippen LogP contribution in [0.3, 0.4) is 0 Å². The number of para-hydroxylation sites is 1. The Balaban J connectivity index is 1.92. The summed E-state index contributed by atoms with van der Waals surface area (Å²) in [6.45, 7) is 4.07. The first-order valence-electron chi connectivity index (χ1n) is 8.67. The normalized spacial score (nSPS) is 11.1. The van der Waals surface area contributed by atoms with Crippen molar-refractivity contribution in [3.63, 3.8) is 0 Å². The van der Waals surface area contributed by atoms with E-state index in [0.717, 1.165) is 42.3 Å². The first-order chi connectivity index (χ1) is 12.6. The molecule has 0 saturated heterocycles. The Morgan fingerprint density at radius 1 is 1.12 bits per heavy atom. The molecule has 0 aliphatic carbocycles. The number of nitrogens with two attached hydrogens (primary N) is 1. The molecule has 1 amide bonds. The van der Waals surface area contributed by atoms with Crippen molar-refractivity contribution >= 4 is 11.9 Å². The molecular weight excluding hydrogens is 328 g/mol. The zero-order chi connectivity index (χ0) is 18.8. The summed E-state index contributed by atoms with van der Waals surface area (Å²) in [5.74, 6) is 1.22. The van der Waals surface area contributed by atoms with Crippen molar-refractivity contribution in [3.8, 4) is 5.75 Å².